The van der Waals surface area contributed by atoms with Crippen LogP contribution in [0.5, 0.6) is 0 Å². The molecule has 0 radical (unpaired) electrons. The first-order valence-electron chi connectivity index (χ1n) is 7.95. The Morgan fingerprint density at radius 3 is 2.85 bits per heavy atom. The molecule has 1 aromatic heterocycles. The van der Waals surface area contributed by atoms with Crippen LogP contribution in [0.15, 0.2) is 52.9 Å². The SMILES string of the molecule is Cc1cccc(CSc2nnc(NC(=O)/C=C/c3ccc(Cl)cc3Cl)s2)c1. The molecule has 1 N–H and O–H groups in total. The normalized spacial score (nSPS) is 11.1. The second kappa shape index (κ2) is 9.37. The molecule has 2 aromatic carbocycles. The van der Waals surface area contributed by atoms with E-state index in [1.165, 1.54) is 28.5 Å². The lowest BCUT2D eigenvalue weighted by molar-refractivity contribution is -0.111. The van der Waals surface area contributed by atoms with Crippen molar-refractivity contribution in [2.24, 2.45) is 0 Å². The molecule has 0 unspecified atom stereocenters. The maximum Gasteiger partial charge on any atom is 0.250 e. The molecule has 1 amide bonds. The Balaban J connectivity index is 1.55. The molecular weight excluding hydrogens is 421 g/mol. The van der Waals surface area contributed by atoms with E-state index in [4.69, 9.17) is 23.2 Å². The monoisotopic (exact) mass is 435 g/mol. The molecule has 4 nitrogen and oxygen atoms in total. The van der Waals surface area contributed by atoms with Gasteiger partial charge in [-0.1, -0.05) is 82.2 Å². The van der Waals surface area contributed by atoms with Gasteiger partial charge < -0.3 is 0 Å². The van der Waals surface area contributed by atoms with Gasteiger partial charge in [-0.3, -0.25) is 10.1 Å². The zero-order valence-corrected chi connectivity index (χ0v) is 17.4. The minimum Gasteiger partial charge on any atom is -0.297 e. The minimum absolute atomic E-state index is 0.299. The number of benzene rings is 2. The molecule has 27 heavy (non-hydrogen) atoms. The molecule has 3 rings (SSSR count). The lowest BCUT2D eigenvalue weighted by atomic mass is 10.2. The first-order valence-corrected chi connectivity index (χ1v) is 10.5. The Labute approximate surface area is 175 Å². The number of carbonyl (C=O) groups is 1. The van der Waals surface area contributed by atoms with Crippen molar-refractivity contribution in [3.8, 4) is 0 Å². The van der Waals surface area contributed by atoms with Crippen LogP contribution in [0.4, 0.5) is 5.13 Å². The zero-order chi connectivity index (χ0) is 19.2. The van der Waals surface area contributed by atoms with E-state index >= 15 is 0 Å². The largest absolute Gasteiger partial charge is 0.297 e. The first kappa shape index (κ1) is 19.9. The number of halogens is 2. The third-order valence-electron chi connectivity index (χ3n) is 3.46. The smallest absolute Gasteiger partial charge is 0.250 e. The van der Waals surface area contributed by atoms with Crippen LogP contribution in [0.1, 0.15) is 16.7 Å². The standard InChI is InChI=1S/C19H15Cl2N3OS2/c1-12-3-2-4-13(9-12)11-26-19-24-23-18(27-19)22-17(25)8-6-14-5-7-15(20)10-16(14)21/h2-10H,11H2,1H3,(H,22,23,25)/b8-6+. The molecule has 0 aliphatic carbocycles. The Bertz CT molecular complexity index is 989. The molecule has 138 valence electrons. The summed E-state index contributed by atoms with van der Waals surface area (Å²) in [4.78, 5) is 12.1. The van der Waals surface area contributed by atoms with Crippen molar-refractivity contribution in [3.05, 3.63) is 75.3 Å². The maximum atomic E-state index is 12.1. The molecule has 0 aliphatic heterocycles. The molecule has 0 spiro atoms. The summed E-state index contributed by atoms with van der Waals surface area (Å²) in [5, 5.41) is 12.3. The van der Waals surface area contributed by atoms with E-state index in [0.717, 1.165) is 10.1 Å². The van der Waals surface area contributed by atoms with E-state index in [1.807, 2.05) is 6.07 Å². The van der Waals surface area contributed by atoms with Crippen LogP contribution in [0.3, 0.4) is 0 Å². The number of thioether (sulfide) groups is 1. The van der Waals surface area contributed by atoms with E-state index in [0.29, 0.717) is 20.7 Å². The van der Waals surface area contributed by atoms with Crippen molar-refractivity contribution >= 4 is 63.4 Å². The van der Waals surface area contributed by atoms with Gasteiger partial charge in [0.25, 0.3) is 0 Å². The van der Waals surface area contributed by atoms with Crippen LogP contribution in [-0.4, -0.2) is 16.1 Å². The van der Waals surface area contributed by atoms with Gasteiger partial charge in [-0.05, 0) is 36.3 Å². The first-order chi connectivity index (χ1) is 13.0. The third-order valence-corrected chi connectivity index (χ3v) is 6.06. The molecular formula is C19H15Cl2N3OS2. The Morgan fingerprint density at radius 2 is 2.07 bits per heavy atom. The summed E-state index contributed by atoms with van der Waals surface area (Å²) in [6.07, 6.45) is 3.03. The van der Waals surface area contributed by atoms with Crippen molar-refractivity contribution < 1.29 is 4.79 Å². The van der Waals surface area contributed by atoms with Gasteiger partial charge in [0.15, 0.2) is 4.34 Å². The Morgan fingerprint density at radius 1 is 1.22 bits per heavy atom. The number of nitrogens with zero attached hydrogens (tertiary/aromatic N) is 2. The average Bonchev–Trinajstić information content (AvgIpc) is 3.06. The van der Waals surface area contributed by atoms with Gasteiger partial charge in [0.1, 0.15) is 0 Å². The molecule has 8 heteroatoms. The summed E-state index contributed by atoms with van der Waals surface area (Å²) >= 11 is 14.9. The summed E-state index contributed by atoms with van der Waals surface area (Å²) in [5.41, 5.74) is 3.16. The summed E-state index contributed by atoms with van der Waals surface area (Å²) in [7, 11) is 0. The number of rotatable bonds is 6. The van der Waals surface area contributed by atoms with Gasteiger partial charge in [-0.2, -0.15) is 0 Å². The number of nitrogens with one attached hydrogen (secondary N) is 1. The number of aryl methyl sites for hydroxylation is 1. The number of hydrogen-bond acceptors (Lipinski definition) is 5. The number of hydrogen-bond donors (Lipinski definition) is 1. The summed E-state index contributed by atoms with van der Waals surface area (Å²) < 4.78 is 0.802. The zero-order valence-electron chi connectivity index (χ0n) is 14.3. The number of aromatic nitrogens is 2. The molecule has 1 heterocycles. The molecule has 0 aliphatic rings. The van der Waals surface area contributed by atoms with Crippen LogP contribution in [-0.2, 0) is 10.5 Å². The van der Waals surface area contributed by atoms with Crippen LogP contribution in [0.2, 0.25) is 10.0 Å². The fourth-order valence-electron chi connectivity index (χ4n) is 2.21. The topological polar surface area (TPSA) is 54.9 Å². The molecule has 0 atom stereocenters. The fourth-order valence-corrected chi connectivity index (χ4v) is 4.38. The third kappa shape index (κ3) is 6.07. The number of carbonyl (C=O) groups excluding carboxylic acids is 1. The fraction of sp³-hybridized carbons (Fsp3) is 0.105. The predicted molar refractivity (Wildman–Crippen MR) is 115 cm³/mol. The molecule has 0 fully saturated rings. The number of anilines is 1. The minimum atomic E-state index is -0.299. The second-order valence-corrected chi connectivity index (χ2v) is 8.68. The van der Waals surface area contributed by atoms with Crippen LogP contribution in [0.25, 0.3) is 6.08 Å². The molecule has 0 saturated carbocycles. The van der Waals surface area contributed by atoms with E-state index in [9.17, 15) is 4.79 Å². The van der Waals surface area contributed by atoms with Crippen LogP contribution in [0, 0.1) is 6.92 Å². The maximum absolute atomic E-state index is 12.1. The van der Waals surface area contributed by atoms with Crippen molar-refractivity contribution in [1.29, 1.82) is 0 Å². The van der Waals surface area contributed by atoms with E-state index in [2.05, 4.69) is 40.6 Å². The molecule has 0 saturated heterocycles. The lowest BCUT2D eigenvalue weighted by Crippen LogP contribution is -2.07. The highest BCUT2D eigenvalue weighted by molar-refractivity contribution is 8.00. The highest BCUT2D eigenvalue weighted by atomic mass is 35.5. The van der Waals surface area contributed by atoms with E-state index in [1.54, 1.807) is 36.0 Å². The summed E-state index contributed by atoms with van der Waals surface area (Å²) in [6.45, 7) is 2.07. The summed E-state index contributed by atoms with van der Waals surface area (Å²) in [6, 6.07) is 13.4. The van der Waals surface area contributed by atoms with Crippen molar-refractivity contribution in [2.45, 2.75) is 17.0 Å². The quantitative estimate of drug-likeness (QED) is 0.288. The van der Waals surface area contributed by atoms with Crippen molar-refractivity contribution in [2.75, 3.05) is 5.32 Å². The van der Waals surface area contributed by atoms with Gasteiger partial charge in [0, 0.05) is 21.9 Å². The highest BCUT2D eigenvalue weighted by Crippen LogP contribution is 2.28. The van der Waals surface area contributed by atoms with Gasteiger partial charge in [0.2, 0.25) is 11.0 Å². The number of amides is 1. The predicted octanol–water partition coefficient (Wildman–Crippen LogP) is 6.10. The van der Waals surface area contributed by atoms with Gasteiger partial charge >= 0.3 is 0 Å². The Hall–Kier alpha value is -1.86. The average molecular weight is 436 g/mol. The van der Waals surface area contributed by atoms with Gasteiger partial charge in [-0.25, -0.2) is 0 Å². The van der Waals surface area contributed by atoms with Crippen LogP contribution >= 0.6 is 46.3 Å². The van der Waals surface area contributed by atoms with E-state index < -0.39 is 0 Å². The van der Waals surface area contributed by atoms with Crippen LogP contribution < -0.4 is 5.32 Å². The molecule has 3 aromatic rings. The second-order valence-electron chi connectivity index (χ2n) is 5.64. The van der Waals surface area contributed by atoms with Crippen molar-refractivity contribution in [1.82, 2.24) is 10.2 Å². The van der Waals surface area contributed by atoms with Gasteiger partial charge in [0.05, 0.1) is 0 Å². The Kier molecular flexibility index (Phi) is 6.90. The van der Waals surface area contributed by atoms with Gasteiger partial charge in [-0.15, -0.1) is 10.2 Å². The van der Waals surface area contributed by atoms with Crippen molar-refractivity contribution in [3.63, 3.8) is 0 Å². The summed E-state index contributed by atoms with van der Waals surface area (Å²) in [5.74, 6) is 0.506. The van der Waals surface area contributed by atoms with E-state index in [-0.39, 0.29) is 5.91 Å². The highest BCUT2D eigenvalue weighted by Gasteiger charge is 2.08. The lowest BCUT2D eigenvalue weighted by Gasteiger charge is -2.00. The molecule has 0 bridgehead atoms.